The molecule has 1 heterocycles. The van der Waals surface area contributed by atoms with Gasteiger partial charge in [-0.15, -0.1) is 0 Å². The number of aliphatic hydroxyl groups is 1. The van der Waals surface area contributed by atoms with Crippen LogP contribution in [0.2, 0.25) is 0 Å². The molecule has 0 aromatic heterocycles. The second kappa shape index (κ2) is 3.89. The van der Waals surface area contributed by atoms with Gasteiger partial charge in [-0.2, -0.15) is 0 Å². The number of hydrogen-bond donors (Lipinski definition) is 2. The molecule has 0 aromatic rings. The molecule has 0 saturated carbocycles. The zero-order valence-electron chi connectivity index (χ0n) is 10.8. The van der Waals surface area contributed by atoms with Gasteiger partial charge in [0, 0.05) is 11.2 Å². The summed E-state index contributed by atoms with van der Waals surface area (Å²) in [6, 6.07) is 0. The van der Waals surface area contributed by atoms with Gasteiger partial charge in [0.15, 0.2) is 0 Å². The topological polar surface area (TPSA) is 62.5 Å². The molecule has 4 nitrogen and oxygen atoms in total. The molecule has 1 aliphatic rings. The Hall–Kier alpha value is -0.805. The summed E-state index contributed by atoms with van der Waals surface area (Å²) in [5.41, 5.74) is -0.223. The lowest BCUT2D eigenvalue weighted by atomic mass is 9.75. The maximum atomic E-state index is 9.56. The molecule has 90 valence electrons. The lowest BCUT2D eigenvalue weighted by Gasteiger charge is -2.32. The average molecular weight is 225 g/mol. The number of aliphatic hydroxyl groups excluding tert-OH is 1. The Morgan fingerprint density at radius 2 is 1.44 bits per heavy atom. The molecule has 0 spiro atoms. The Kier molecular flexibility index (Phi) is 3.23. The molecule has 0 radical (unpaired) electrons. The first-order valence-electron chi connectivity index (χ1n) is 5.39. The van der Waals surface area contributed by atoms with Gasteiger partial charge in [-0.25, -0.2) is 0 Å². The smallest absolute Gasteiger partial charge is 0.500 e. The Balaban J connectivity index is 3.04. The summed E-state index contributed by atoms with van der Waals surface area (Å²) >= 11 is 0. The molecule has 0 unspecified atom stereocenters. The Labute approximate surface area is 97.3 Å². The van der Waals surface area contributed by atoms with Gasteiger partial charge in [-0.05, 0) is 41.5 Å². The normalized spacial score (nSPS) is 24.2. The first-order valence-corrected chi connectivity index (χ1v) is 5.39. The molecule has 1 saturated heterocycles. The van der Waals surface area contributed by atoms with Crippen LogP contribution in [0, 0.1) is 5.41 Å². The van der Waals surface area contributed by atoms with E-state index in [1.807, 2.05) is 27.7 Å². The van der Waals surface area contributed by atoms with Crippen molar-refractivity contribution in [2.75, 3.05) is 0 Å². The Morgan fingerprint density at radius 3 is 1.69 bits per heavy atom. The zero-order valence-corrected chi connectivity index (χ0v) is 10.8. The summed E-state index contributed by atoms with van der Waals surface area (Å²) in [6.45, 7) is 10.9. The van der Waals surface area contributed by atoms with Crippen molar-refractivity contribution in [3.05, 3.63) is 11.2 Å². The van der Waals surface area contributed by atoms with Gasteiger partial charge in [0.1, 0.15) is 0 Å². The highest BCUT2D eigenvalue weighted by Gasteiger charge is 2.53. The summed E-state index contributed by atoms with van der Waals surface area (Å²) in [5, 5.41) is 17.2. The highest BCUT2D eigenvalue weighted by molar-refractivity contribution is 6.62. The number of rotatable bonds is 2. The van der Waals surface area contributed by atoms with Crippen LogP contribution in [0.3, 0.4) is 0 Å². The van der Waals surface area contributed by atoms with Gasteiger partial charge in [0.05, 0.1) is 17.0 Å². The maximum Gasteiger partial charge on any atom is 0.500 e. The van der Waals surface area contributed by atoms with E-state index in [0.29, 0.717) is 5.47 Å². The fourth-order valence-electron chi connectivity index (χ4n) is 1.58. The highest BCUT2D eigenvalue weighted by atomic mass is 16.7. The van der Waals surface area contributed by atoms with E-state index in [1.165, 1.54) is 0 Å². The molecule has 16 heavy (non-hydrogen) atoms. The van der Waals surface area contributed by atoms with Gasteiger partial charge in [-0.3, -0.25) is 0 Å². The lowest BCUT2D eigenvalue weighted by Crippen LogP contribution is -2.41. The van der Waals surface area contributed by atoms with Crippen LogP contribution in [0.15, 0.2) is 11.2 Å². The number of nitrogens with one attached hydrogen (secondary N) is 1. The minimum Gasteiger partial charge on any atom is -0.513 e. The van der Waals surface area contributed by atoms with Crippen molar-refractivity contribution in [3.63, 3.8) is 0 Å². The summed E-state index contributed by atoms with van der Waals surface area (Å²) < 4.78 is 11.5. The molecule has 0 amide bonds. The van der Waals surface area contributed by atoms with Gasteiger partial charge < -0.3 is 19.8 Å². The van der Waals surface area contributed by atoms with Crippen molar-refractivity contribution in [1.82, 2.24) is 0 Å². The Morgan fingerprint density at radius 1 is 1.06 bits per heavy atom. The molecule has 1 aliphatic heterocycles. The first kappa shape index (κ1) is 13.3. The molecular formula is C11H20BNO3. The van der Waals surface area contributed by atoms with E-state index < -0.39 is 18.3 Å². The summed E-state index contributed by atoms with van der Waals surface area (Å²) in [5.74, 6) is 0.0750. The Bertz CT molecular complexity index is 327. The third kappa shape index (κ3) is 2.15. The van der Waals surface area contributed by atoms with Crippen molar-refractivity contribution >= 4 is 12.8 Å². The third-order valence-electron chi connectivity index (χ3n) is 3.28. The predicted octanol–water partition coefficient (Wildman–Crippen LogP) is 2.49. The lowest BCUT2D eigenvalue weighted by molar-refractivity contribution is 0.00578. The van der Waals surface area contributed by atoms with Gasteiger partial charge in [0.2, 0.25) is 0 Å². The van der Waals surface area contributed by atoms with Gasteiger partial charge in [-0.1, -0.05) is 0 Å². The molecular weight excluding hydrogens is 205 g/mol. The fourth-order valence-corrected chi connectivity index (χ4v) is 1.58. The monoisotopic (exact) mass is 225 g/mol. The maximum absolute atomic E-state index is 9.56. The molecule has 2 N–H and O–H groups in total. The molecule has 1 rings (SSSR count). The predicted molar refractivity (Wildman–Crippen MR) is 64.8 cm³/mol. The largest absolute Gasteiger partial charge is 0.513 e. The van der Waals surface area contributed by atoms with Gasteiger partial charge >= 0.3 is 7.12 Å². The minimum absolute atomic E-state index is 0.0750. The second-order valence-corrected chi connectivity index (χ2v) is 5.21. The molecule has 0 atom stereocenters. The van der Waals surface area contributed by atoms with Crippen LogP contribution in [0.4, 0.5) is 0 Å². The van der Waals surface area contributed by atoms with Crippen molar-refractivity contribution in [3.8, 4) is 0 Å². The molecule has 0 bridgehead atoms. The summed E-state index contributed by atoms with van der Waals surface area (Å²) in [6.07, 6.45) is 0. The average Bonchev–Trinajstić information content (AvgIpc) is 2.17. The van der Waals surface area contributed by atoms with Crippen LogP contribution in [-0.2, 0) is 9.31 Å². The van der Waals surface area contributed by atoms with Crippen LogP contribution < -0.4 is 0 Å². The van der Waals surface area contributed by atoms with Gasteiger partial charge in [0.25, 0.3) is 0 Å². The van der Waals surface area contributed by atoms with Crippen LogP contribution in [0.5, 0.6) is 0 Å². The van der Waals surface area contributed by atoms with Crippen LogP contribution in [-0.4, -0.2) is 29.1 Å². The molecule has 1 fully saturated rings. The number of allylic oxidation sites excluding steroid dienone is 2. The quantitative estimate of drug-likeness (QED) is 0.431. The zero-order chi connectivity index (χ0) is 12.7. The van der Waals surface area contributed by atoms with E-state index in [2.05, 4.69) is 0 Å². The van der Waals surface area contributed by atoms with Crippen molar-refractivity contribution < 1.29 is 14.4 Å². The van der Waals surface area contributed by atoms with E-state index in [0.717, 1.165) is 0 Å². The molecule has 0 aromatic carbocycles. The van der Waals surface area contributed by atoms with Crippen LogP contribution >= 0.6 is 0 Å². The minimum atomic E-state index is -0.660. The summed E-state index contributed by atoms with van der Waals surface area (Å²) in [7, 11) is -0.660. The van der Waals surface area contributed by atoms with E-state index in [-0.39, 0.29) is 11.5 Å². The van der Waals surface area contributed by atoms with Crippen LogP contribution in [0.25, 0.3) is 0 Å². The van der Waals surface area contributed by atoms with E-state index >= 15 is 0 Å². The fraction of sp³-hybridized carbons (Fsp3) is 0.727. The van der Waals surface area contributed by atoms with Crippen molar-refractivity contribution in [2.24, 2.45) is 0 Å². The van der Waals surface area contributed by atoms with Crippen molar-refractivity contribution in [1.29, 1.82) is 5.41 Å². The van der Waals surface area contributed by atoms with E-state index in [1.54, 1.807) is 13.8 Å². The number of hydrogen-bond acceptors (Lipinski definition) is 4. The highest BCUT2D eigenvalue weighted by Crippen LogP contribution is 2.38. The molecule has 0 aliphatic carbocycles. The van der Waals surface area contributed by atoms with Crippen molar-refractivity contribution in [2.45, 2.75) is 52.7 Å². The second-order valence-electron chi connectivity index (χ2n) is 5.21. The van der Waals surface area contributed by atoms with E-state index in [4.69, 9.17) is 14.7 Å². The third-order valence-corrected chi connectivity index (χ3v) is 3.28. The molecule has 5 heteroatoms. The first-order chi connectivity index (χ1) is 7.08. The summed E-state index contributed by atoms with van der Waals surface area (Å²) in [4.78, 5) is 0. The standard InChI is InChI=1S/C11H20BNO3/c1-7(13)9(8(2)14)12-15-10(3,4)11(5,6)16-12/h13-14H,1-6H3/b9-8+,13-7?. The van der Waals surface area contributed by atoms with E-state index in [9.17, 15) is 5.11 Å². The SMILES string of the molecule is CC(=N)/C(B1OC(C)(C)C(C)(C)O1)=C(/C)O. The van der Waals surface area contributed by atoms with Crippen LogP contribution in [0.1, 0.15) is 41.5 Å².